The molecule has 0 spiro atoms. The number of ether oxygens (including phenoxy) is 1. The number of nitrogens with one attached hydrogen (secondary N) is 1. The Morgan fingerprint density at radius 1 is 1.55 bits per heavy atom. The van der Waals surface area contributed by atoms with E-state index in [1.54, 1.807) is 12.4 Å². The molecule has 0 saturated carbocycles. The highest BCUT2D eigenvalue weighted by Crippen LogP contribution is 2.37. The summed E-state index contributed by atoms with van der Waals surface area (Å²) in [5.74, 6) is 3.46. The first-order valence-corrected chi connectivity index (χ1v) is 7.49. The summed E-state index contributed by atoms with van der Waals surface area (Å²) in [7, 11) is 0. The number of imidazole rings is 1. The molecule has 7 heteroatoms. The smallest absolute Gasteiger partial charge is 0.222 e. The molecule has 22 heavy (non-hydrogen) atoms. The fourth-order valence-electron chi connectivity index (χ4n) is 2.63. The molecule has 1 atom stereocenters. The van der Waals surface area contributed by atoms with Crippen LogP contribution in [-0.2, 0) is 9.53 Å². The minimum Gasteiger partial charge on any atom is -0.367 e. The van der Waals surface area contributed by atoms with Crippen LogP contribution in [0.1, 0.15) is 37.6 Å². The third kappa shape index (κ3) is 3.34. The average Bonchev–Trinajstić information content (AvgIpc) is 3.10. The Hall–Kier alpha value is -2.20. The highest BCUT2D eigenvalue weighted by Gasteiger charge is 2.40. The van der Waals surface area contributed by atoms with Gasteiger partial charge in [-0.1, -0.05) is 0 Å². The normalized spacial score (nSPS) is 22.3. The Morgan fingerprint density at radius 3 is 3.09 bits per heavy atom. The Balaban J connectivity index is 1.49. The van der Waals surface area contributed by atoms with Crippen LogP contribution in [-0.4, -0.2) is 46.1 Å². The first kappa shape index (κ1) is 14.7. The molecule has 3 heterocycles. The molecule has 1 saturated heterocycles. The van der Waals surface area contributed by atoms with Crippen LogP contribution in [0.15, 0.2) is 22.6 Å². The maximum absolute atomic E-state index is 12.4. The molecule has 3 rings (SSSR count). The number of H-pyrrole nitrogens is 1. The van der Waals surface area contributed by atoms with Crippen LogP contribution >= 0.6 is 0 Å². The lowest BCUT2D eigenvalue weighted by Crippen LogP contribution is -2.42. The Labute approximate surface area is 129 Å². The lowest BCUT2D eigenvalue weighted by molar-refractivity contribution is -0.139. The highest BCUT2D eigenvalue weighted by atomic mass is 16.5. The Morgan fingerprint density at radius 2 is 2.41 bits per heavy atom. The van der Waals surface area contributed by atoms with Crippen LogP contribution < -0.4 is 0 Å². The number of hydrogen-bond acceptors (Lipinski definition) is 5. The molecule has 1 unspecified atom stereocenters. The van der Waals surface area contributed by atoms with Crippen molar-refractivity contribution in [2.45, 2.75) is 37.5 Å². The van der Waals surface area contributed by atoms with Crippen molar-refractivity contribution < 1.29 is 9.53 Å². The van der Waals surface area contributed by atoms with Gasteiger partial charge in [0, 0.05) is 44.6 Å². The van der Waals surface area contributed by atoms with E-state index >= 15 is 0 Å². The topological polar surface area (TPSA) is 82.9 Å². The SMILES string of the molecule is C#CCCC1(CCC(=O)N2CCOC(c3ncc[nH]3)C2)N=N1. The zero-order valence-electron chi connectivity index (χ0n) is 12.4. The van der Waals surface area contributed by atoms with Crippen LogP contribution in [0.25, 0.3) is 0 Å². The molecular weight excluding hydrogens is 282 g/mol. The van der Waals surface area contributed by atoms with E-state index in [0.717, 1.165) is 12.2 Å². The predicted octanol–water partition coefficient (Wildman–Crippen LogP) is 1.67. The molecule has 1 aromatic rings. The second kappa shape index (κ2) is 6.28. The average molecular weight is 301 g/mol. The molecule has 0 bridgehead atoms. The molecule has 1 N–H and O–H groups in total. The van der Waals surface area contributed by atoms with Gasteiger partial charge in [0.15, 0.2) is 5.66 Å². The van der Waals surface area contributed by atoms with Gasteiger partial charge in [-0.05, 0) is 0 Å². The first-order chi connectivity index (χ1) is 10.7. The molecule has 0 aliphatic carbocycles. The summed E-state index contributed by atoms with van der Waals surface area (Å²) in [5.41, 5.74) is -0.394. The molecule has 0 radical (unpaired) electrons. The summed E-state index contributed by atoms with van der Waals surface area (Å²) >= 11 is 0. The minimum absolute atomic E-state index is 0.109. The van der Waals surface area contributed by atoms with E-state index in [4.69, 9.17) is 11.2 Å². The van der Waals surface area contributed by atoms with Crippen molar-refractivity contribution in [3.8, 4) is 12.3 Å². The van der Waals surface area contributed by atoms with Gasteiger partial charge in [0.05, 0.1) is 13.2 Å². The van der Waals surface area contributed by atoms with Crippen LogP contribution in [0.3, 0.4) is 0 Å². The minimum atomic E-state index is -0.394. The second-order valence-corrected chi connectivity index (χ2v) is 5.56. The van der Waals surface area contributed by atoms with Crippen molar-refractivity contribution in [3.05, 3.63) is 18.2 Å². The van der Waals surface area contributed by atoms with Crippen LogP contribution in [0, 0.1) is 12.3 Å². The quantitative estimate of drug-likeness (QED) is 0.811. The molecule has 116 valence electrons. The Kier molecular flexibility index (Phi) is 4.20. The summed E-state index contributed by atoms with van der Waals surface area (Å²) in [4.78, 5) is 21.4. The fourth-order valence-corrected chi connectivity index (χ4v) is 2.63. The van der Waals surface area contributed by atoms with Crippen molar-refractivity contribution in [2.24, 2.45) is 10.2 Å². The van der Waals surface area contributed by atoms with Gasteiger partial charge in [0.2, 0.25) is 5.91 Å². The van der Waals surface area contributed by atoms with Gasteiger partial charge < -0.3 is 14.6 Å². The van der Waals surface area contributed by atoms with E-state index in [0.29, 0.717) is 39.0 Å². The van der Waals surface area contributed by atoms with Crippen molar-refractivity contribution >= 4 is 5.91 Å². The van der Waals surface area contributed by atoms with Gasteiger partial charge in [-0.3, -0.25) is 4.79 Å². The monoisotopic (exact) mass is 301 g/mol. The van der Waals surface area contributed by atoms with E-state index in [9.17, 15) is 4.79 Å². The predicted molar refractivity (Wildman–Crippen MR) is 78.7 cm³/mol. The third-order valence-electron chi connectivity index (χ3n) is 4.04. The van der Waals surface area contributed by atoms with Gasteiger partial charge in [-0.25, -0.2) is 4.98 Å². The van der Waals surface area contributed by atoms with E-state index in [1.165, 1.54) is 0 Å². The van der Waals surface area contributed by atoms with Gasteiger partial charge in [0.1, 0.15) is 11.9 Å². The molecular formula is C15H19N5O2. The maximum atomic E-state index is 12.4. The largest absolute Gasteiger partial charge is 0.367 e. The summed E-state index contributed by atoms with van der Waals surface area (Å²) < 4.78 is 5.67. The number of morpholine rings is 1. The summed E-state index contributed by atoms with van der Waals surface area (Å²) in [5, 5.41) is 8.13. The number of aromatic amines is 1. The zero-order chi connectivity index (χ0) is 15.4. The number of terminal acetylenes is 1. The number of rotatable bonds is 6. The highest BCUT2D eigenvalue weighted by molar-refractivity contribution is 5.76. The van der Waals surface area contributed by atoms with Gasteiger partial charge in [-0.2, -0.15) is 10.2 Å². The maximum Gasteiger partial charge on any atom is 0.222 e. The lowest BCUT2D eigenvalue weighted by Gasteiger charge is -2.32. The molecule has 2 aliphatic rings. The van der Waals surface area contributed by atoms with Crippen molar-refractivity contribution in [1.29, 1.82) is 0 Å². The number of amides is 1. The molecule has 0 aromatic carbocycles. The molecule has 1 aromatic heterocycles. The number of hydrogen-bond donors (Lipinski definition) is 1. The number of nitrogens with zero attached hydrogens (tertiary/aromatic N) is 4. The van der Waals surface area contributed by atoms with E-state index in [2.05, 4.69) is 26.1 Å². The van der Waals surface area contributed by atoms with Gasteiger partial charge in [0.25, 0.3) is 0 Å². The fraction of sp³-hybridized carbons (Fsp3) is 0.600. The molecule has 2 aliphatic heterocycles. The number of carbonyl (C=O) groups is 1. The van der Waals surface area contributed by atoms with Crippen molar-refractivity contribution in [1.82, 2.24) is 14.9 Å². The van der Waals surface area contributed by atoms with Crippen molar-refractivity contribution in [2.75, 3.05) is 19.7 Å². The molecule has 1 fully saturated rings. The summed E-state index contributed by atoms with van der Waals surface area (Å²) in [6, 6.07) is 0. The van der Waals surface area contributed by atoms with Gasteiger partial charge >= 0.3 is 0 Å². The van der Waals surface area contributed by atoms with E-state index in [1.807, 2.05) is 4.90 Å². The van der Waals surface area contributed by atoms with Crippen LogP contribution in [0.2, 0.25) is 0 Å². The lowest BCUT2D eigenvalue weighted by atomic mass is 10.0. The van der Waals surface area contributed by atoms with E-state index in [-0.39, 0.29) is 12.0 Å². The van der Waals surface area contributed by atoms with E-state index < -0.39 is 5.66 Å². The van der Waals surface area contributed by atoms with Gasteiger partial charge in [-0.15, -0.1) is 12.3 Å². The van der Waals surface area contributed by atoms with Crippen molar-refractivity contribution in [3.63, 3.8) is 0 Å². The van der Waals surface area contributed by atoms with Crippen LogP contribution in [0.4, 0.5) is 0 Å². The number of carbonyl (C=O) groups excluding carboxylic acids is 1. The number of aromatic nitrogens is 2. The van der Waals surface area contributed by atoms with Crippen LogP contribution in [0.5, 0.6) is 0 Å². The molecule has 7 nitrogen and oxygen atoms in total. The first-order valence-electron chi connectivity index (χ1n) is 7.49. The Bertz CT molecular complexity index is 584. The summed E-state index contributed by atoms with van der Waals surface area (Å²) in [6.07, 6.45) is 11.0. The molecule has 1 amide bonds. The standard InChI is InChI=1S/C15H19N5O2/c1-2-3-5-15(18-19-15)6-4-13(21)20-9-10-22-12(11-20)14-16-7-8-17-14/h1,7-8,12H,3-6,9-11H2,(H,16,17). The third-order valence-corrected chi connectivity index (χ3v) is 4.04. The second-order valence-electron chi connectivity index (χ2n) is 5.56. The zero-order valence-corrected chi connectivity index (χ0v) is 12.4. The summed E-state index contributed by atoms with van der Waals surface area (Å²) in [6.45, 7) is 1.66.